The number of benzene rings is 1. The fourth-order valence-corrected chi connectivity index (χ4v) is 2.19. The van der Waals surface area contributed by atoms with Gasteiger partial charge in [0.05, 0.1) is 0 Å². The number of rotatable bonds is 6. The highest BCUT2D eigenvalue weighted by Gasteiger charge is 2.04. The van der Waals surface area contributed by atoms with Gasteiger partial charge < -0.3 is 4.90 Å². The Hall–Kier alpha value is -2.36. The highest BCUT2D eigenvalue weighted by molar-refractivity contribution is 6.05. The molecule has 4 heteroatoms. The summed E-state index contributed by atoms with van der Waals surface area (Å²) in [5, 5.41) is 4.09. The molecule has 0 unspecified atom stereocenters. The van der Waals surface area contributed by atoms with Crippen molar-refractivity contribution in [3.8, 4) is 0 Å². The number of aryl methyl sites for hydroxylation is 1. The van der Waals surface area contributed by atoms with Gasteiger partial charge in [-0.05, 0) is 43.7 Å². The van der Waals surface area contributed by atoms with Crippen molar-refractivity contribution in [3.05, 3.63) is 53.9 Å². The zero-order chi connectivity index (χ0) is 15.2. The van der Waals surface area contributed by atoms with Gasteiger partial charge in [-0.25, -0.2) is 0 Å². The second-order valence-corrected chi connectivity index (χ2v) is 4.84. The summed E-state index contributed by atoms with van der Waals surface area (Å²) in [7, 11) is 1.80. The number of aromatic nitrogens is 2. The van der Waals surface area contributed by atoms with Crippen LogP contribution in [-0.2, 0) is 7.05 Å². The standard InChI is InChI=1S/C17H21N3O/c1-4-20(5-2)15-9-6-14(7-10-15)8-11-17(21)16-12-13-19(3)18-16/h6-13H,4-5H2,1-3H3/b11-8+. The van der Waals surface area contributed by atoms with E-state index in [2.05, 4.69) is 36.0 Å². The molecule has 2 rings (SSSR count). The molecular formula is C17H21N3O. The van der Waals surface area contributed by atoms with E-state index >= 15 is 0 Å². The van der Waals surface area contributed by atoms with E-state index in [-0.39, 0.29) is 5.78 Å². The Balaban J connectivity index is 2.06. The molecule has 0 bridgehead atoms. The molecule has 0 spiro atoms. The molecular weight excluding hydrogens is 262 g/mol. The summed E-state index contributed by atoms with van der Waals surface area (Å²) in [6.45, 7) is 6.26. The zero-order valence-corrected chi connectivity index (χ0v) is 12.8. The van der Waals surface area contributed by atoms with E-state index in [9.17, 15) is 4.79 Å². The SMILES string of the molecule is CCN(CC)c1ccc(/C=C/C(=O)c2ccn(C)n2)cc1. The van der Waals surface area contributed by atoms with Crippen LogP contribution in [0.25, 0.3) is 6.08 Å². The third kappa shape index (κ3) is 3.81. The average molecular weight is 283 g/mol. The molecule has 0 aliphatic carbocycles. The quantitative estimate of drug-likeness (QED) is 0.604. The van der Waals surface area contributed by atoms with Crippen LogP contribution in [0.1, 0.15) is 29.9 Å². The molecule has 1 heterocycles. The van der Waals surface area contributed by atoms with Crippen LogP contribution in [0.2, 0.25) is 0 Å². The fraction of sp³-hybridized carbons (Fsp3) is 0.294. The van der Waals surface area contributed by atoms with Crippen LogP contribution in [0.4, 0.5) is 5.69 Å². The molecule has 110 valence electrons. The maximum absolute atomic E-state index is 11.9. The number of carbonyl (C=O) groups excluding carboxylic acids is 1. The number of hydrogen-bond donors (Lipinski definition) is 0. The van der Waals surface area contributed by atoms with Crippen molar-refractivity contribution in [1.82, 2.24) is 9.78 Å². The molecule has 0 saturated carbocycles. The van der Waals surface area contributed by atoms with Crippen LogP contribution in [0.15, 0.2) is 42.6 Å². The third-order valence-corrected chi connectivity index (χ3v) is 3.41. The van der Waals surface area contributed by atoms with E-state index in [0.717, 1.165) is 18.7 Å². The zero-order valence-electron chi connectivity index (χ0n) is 12.8. The number of anilines is 1. The van der Waals surface area contributed by atoms with Gasteiger partial charge in [0.2, 0.25) is 5.78 Å². The largest absolute Gasteiger partial charge is 0.372 e. The van der Waals surface area contributed by atoms with Crippen molar-refractivity contribution in [1.29, 1.82) is 0 Å². The van der Waals surface area contributed by atoms with Crippen molar-refractivity contribution >= 4 is 17.5 Å². The first kappa shape index (κ1) is 15.0. The van der Waals surface area contributed by atoms with Gasteiger partial charge in [-0.2, -0.15) is 5.10 Å². The van der Waals surface area contributed by atoms with Gasteiger partial charge in [0.15, 0.2) is 0 Å². The van der Waals surface area contributed by atoms with Crippen LogP contribution in [-0.4, -0.2) is 28.7 Å². The molecule has 2 aromatic rings. The van der Waals surface area contributed by atoms with Crippen molar-refractivity contribution < 1.29 is 4.79 Å². The van der Waals surface area contributed by atoms with Crippen LogP contribution >= 0.6 is 0 Å². The average Bonchev–Trinajstić information content (AvgIpc) is 2.94. The fourth-order valence-electron chi connectivity index (χ4n) is 2.19. The highest BCUT2D eigenvalue weighted by atomic mass is 16.1. The summed E-state index contributed by atoms with van der Waals surface area (Å²) < 4.78 is 1.62. The van der Waals surface area contributed by atoms with E-state index in [0.29, 0.717) is 5.69 Å². The maximum Gasteiger partial charge on any atom is 0.206 e. The number of carbonyl (C=O) groups is 1. The lowest BCUT2D eigenvalue weighted by Gasteiger charge is -2.20. The minimum atomic E-state index is -0.0802. The highest BCUT2D eigenvalue weighted by Crippen LogP contribution is 2.15. The summed E-state index contributed by atoms with van der Waals surface area (Å²) in [5.41, 5.74) is 2.68. The summed E-state index contributed by atoms with van der Waals surface area (Å²) in [5.74, 6) is -0.0802. The second kappa shape index (κ2) is 6.88. The summed E-state index contributed by atoms with van der Waals surface area (Å²) in [4.78, 5) is 14.2. The number of allylic oxidation sites excluding steroid dienone is 1. The lowest BCUT2D eigenvalue weighted by atomic mass is 10.1. The van der Waals surface area contributed by atoms with Crippen LogP contribution in [0, 0.1) is 0 Å². The first-order valence-corrected chi connectivity index (χ1v) is 7.21. The molecule has 0 atom stereocenters. The summed E-state index contributed by atoms with van der Waals surface area (Å²) in [6.07, 6.45) is 5.15. The first-order valence-electron chi connectivity index (χ1n) is 7.21. The Morgan fingerprint density at radius 3 is 2.38 bits per heavy atom. The maximum atomic E-state index is 11.9. The number of hydrogen-bond acceptors (Lipinski definition) is 3. The molecule has 0 aliphatic rings. The van der Waals surface area contributed by atoms with Gasteiger partial charge in [0, 0.05) is 32.0 Å². The molecule has 21 heavy (non-hydrogen) atoms. The molecule has 0 saturated heterocycles. The van der Waals surface area contributed by atoms with Gasteiger partial charge in [-0.3, -0.25) is 9.48 Å². The van der Waals surface area contributed by atoms with Crippen molar-refractivity contribution in [2.75, 3.05) is 18.0 Å². The lowest BCUT2D eigenvalue weighted by molar-refractivity contribution is 0.104. The molecule has 0 N–H and O–H groups in total. The molecule has 0 amide bonds. The van der Waals surface area contributed by atoms with Crippen molar-refractivity contribution in [2.45, 2.75) is 13.8 Å². The van der Waals surface area contributed by atoms with E-state index in [1.807, 2.05) is 18.2 Å². The van der Waals surface area contributed by atoms with E-state index < -0.39 is 0 Å². The summed E-state index contributed by atoms with van der Waals surface area (Å²) >= 11 is 0. The Morgan fingerprint density at radius 2 is 1.86 bits per heavy atom. The Labute approximate surface area is 125 Å². The van der Waals surface area contributed by atoms with Gasteiger partial charge in [-0.15, -0.1) is 0 Å². The monoisotopic (exact) mass is 283 g/mol. The van der Waals surface area contributed by atoms with Gasteiger partial charge >= 0.3 is 0 Å². The van der Waals surface area contributed by atoms with E-state index in [4.69, 9.17) is 0 Å². The Morgan fingerprint density at radius 1 is 1.19 bits per heavy atom. The van der Waals surface area contributed by atoms with Gasteiger partial charge in [0.1, 0.15) is 5.69 Å². The number of nitrogens with zero attached hydrogens (tertiary/aromatic N) is 3. The summed E-state index contributed by atoms with van der Waals surface area (Å²) in [6, 6.07) is 9.93. The van der Waals surface area contributed by atoms with Crippen LogP contribution in [0.3, 0.4) is 0 Å². The van der Waals surface area contributed by atoms with Crippen LogP contribution in [0.5, 0.6) is 0 Å². The van der Waals surface area contributed by atoms with Gasteiger partial charge in [-0.1, -0.05) is 18.2 Å². The Kier molecular flexibility index (Phi) is 4.93. The first-order chi connectivity index (χ1) is 10.1. The molecule has 1 aromatic heterocycles. The van der Waals surface area contributed by atoms with E-state index in [1.165, 1.54) is 5.69 Å². The normalized spacial score (nSPS) is 11.0. The lowest BCUT2D eigenvalue weighted by Crippen LogP contribution is -2.21. The topological polar surface area (TPSA) is 38.1 Å². The Bertz CT molecular complexity index is 622. The van der Waals surface area contributed by atoms with Crippen molar-refractivity contribution in [3.63, 3.8) is 0 Å². The van der Waals surface area contributed by atoms with Gasteiger partial charge in [0.25, 0.3) is 0 Å². The molecule has 0 fully saturated rings. The molecule has 4 nitrogen and oxygen atoms in total. The van der Waals surface area contributed by atoms with E-state index in [1.54, 1.807) is 30.1 Å². The predicted octanol–water partition coefficient (Wildman–Crippen LogP) is 3.16. The minimum absolute atomic E-state index is 0.0802. The van der Waals surface area contributed by atoms with Crippen LogP contribution < -0.4 is 4.90 Å². The smallest absolute Gasteiger partial charge is 0.206 e. The molecule has 0 radical (unpaired) electrons. The third-order valence-electron chi connectivity index (χ3n) is 3.41. The molecule has 1 aromatic carbocycles. The number of ketones is 1. The predicted molar refractivity (Wildman–Crippen MR) is 86.6 cm³/mol. The second-order valence-electron chi connectivity index (χ2n) is 4.84. The molecule has 0 aliphatic heterocycles. The van der Waals surface area contributed by atoms with Crippen molar-refractivity contribution in [2.24, 2.45) is 7.05 Å². The minimum Gasteiger partial charge on any atom is -0.372 e.